The van der Waals surface area contributed by atoms with Crippen molar-refractivity contribution in [3.8, 4) is 22.8 Å². The highest BCUT2D eigenvalue weighted by molar-refractivity contribution is 5.99. The number of fused-ring (bicyclic) bond motifs is 2. The van der Waals surface area contributed by atoms with Gasteiger partial charge in [-0.2, -0.15) is 0 Å². The minimum absolute atomic E-state index is 0.0265. The maximum absolute atomic E-state index is 7.58. The van der Waals surface area contributed by atoms with E-state index in [4.69, 9.17) is 22.3 Å². The first-order valence-electron chi connectivity index (χ1n) is 9.27. The quantitative estimate of drug-likeness (QED) is 0.204. The molecule has 0 bridgehead atoms. The summed E-state index contributed by atoms with van der Waals surface area (Å²) in [5.74, 6) is 1.54. The molecule has 0 aliphatic rings. The highest BCUT2D eigenvalue weighted by Gasteiger charge is 2.10. The number of hydrogen-bond acceptors (Lipinski definition) is 4. The monoisotopic (exact) mass is 394 g/mol. The molecule has 2 heterocycles. The lowest BCUT2D eigenvalue weighted by molar-refractivity contribution is 1.32. The fraction of sp³-hybridized carbons (Fsp3) is 0. The van der Waals surface area contributed by atoms with E-state index in [2.05, 4.69) is 19.9 Å². The van der Waals surface area contributed by atoms with Crippen LogP contribution in [0.3, 0.4) is 0 Å². The Hall–Kier alpha value is -4.46. The van der Waals surface area contributed by atoms with Crippen LogP contribution < -0.4 is 11.5 Å². The molecule has 5 aromatic rings. The zero-order valence-corrected chi connectivity index (χ0v) is 15.8. The SMILES string of the molecule is N=C(N)c1ccc2nc(-c3ccc(-c4nc5ccc(C(=N)N)cc5[nH]4)cc3)[nH]c2c1. The van der Waals surface area contributed by atoms with E-state index < -0.39 is 0 Å². The smallest absolute Gasteiger partial charge is 0.138 e. The summed E-state index contributed by atoms with van der Waals surface area (Å²) in [7, 11) is 0. The van der Waals surface area contributed by atoms with E-state index in [0.717, 1.165) is 44.8 Å². The number of hydrogen-bond donors (Lipinski definition) is 6. The van der Waals surface area contributed by atoms with E-state index in [9.17, 15) is 0 Å². The van der Waals surface area contributed by atoms with Gasteiger partial charge in [0.15, 0.2) is 0 Å². The minimum atomic E-state index is 0.0265. The first-order valence-corrected chi connectivity index (χ1v) is 9.27. The summed E-state index contributed by atoms with van der Waals surface area (Å²) in [6.07, 6.45) is 0. The lowest BCUT2D eigenvalue weighted by Crippen LogP contribution is -2.10. The average molecular weight is 394 g/mol. The molecule has 0 unspecified atom stereocenters. The summed E-state index contributed by atoms with van der Waals surface area (Å²) in [6, 6.07) is 18.8. The van der Waals surface area contributed by atoms with Crippen molar-refractivity contribution in [2.24, 2.45) is 11.5 Å². The average Bonchev–Trinajstić information content (AvgIpc) is 3.36. The summed E-state index contributed by atoms with van der Waals surface area (Å²) in [5.41, 5.74) is 17.6. The highest BCUT2D eigenvalue weighted by Crippen LogP contribution is 2.26. The van der Waals surface area contributed by atoms with Crippen molar-refractivity contribution in [1.82, 2.24) is 19.9 Å². The predicted octanol–water partition coefficient (Wildman–Crippen LogP) is 3.34. The minimum Gasteiger partial charge on any atom is -0.384 e. The van der Waals surface area contributed by atoms with E-state index in [-0.39, 0.29) is 11.7 Å². The molecule has 146 valence electrons. The molecule has 0 fully saturated rings. The van der Waals surface area contributed by atoms with Crippen LogP contribution in [0.2, 0.25) is 0 Å². The molecule has 0 saturated carbocycles. The van der Waals surface area contributed by atoms with E-state index in [1.807, 2.05) is 48.5 Å². The van der Waals surface area contributed by atoms with Crippen molar-refractivity contribution >= 4 is 33.7 Å². The van der Waals surface area contributed by atoms with Crippen molar-refractivity contribution in [2.75, 3.05) is 0 Å². The number of H-pyrrole nitrogens is 2. The number of nitrogens with one attached hydrogen (secondary N) is 4. The molecule has 0 amide bonds. The fourth-order valence-electron chi connectivity index (χ4n) is 3.41. The van der Waals surface area contributed by atoms with Crippen LogP contribution in [0.1, 0.15) is 11.1 Å². The van der Waals surface area contributed by atoms with Gasteiger partial charge in [-0.05, 0) is 36.4 Å². The van der Waals surface area contributed by atoms with Crippen molar-refractivity contribution in [1.29, 1.82) is 10.8 Å². The summed E-state index contributed by atoms with van der Waals surface area (Å²) >= 11 is 0. The van der Waals surface area contributed by atoms with Crippen LogP contribution >= 0.6 is 0 Å². The third-order valence-electron chi connectivity index (χ3n) is 5.02. The highest BCUT2D eigenvalue weighted by atomic mass is 14.9. The van der Waals surface area contributed by atoms with E-state index >= 15 is 0 Å². The van der Waals surface area contributed by atoms with Gasteiger partial charge in [-0.1, -0.05) is 24.3 Å². The Kier molecular flexibility index (Phi) is 3.85. The number of imidazole rings is 2. The van der Waals surface area contributed by atoms with E-state index in [1.54, 1.807) is 12.1 Å². The zero-order chi connectivity index (χ0) is 20.8. The molecule has 0 atom stereocenters. The van der Waals surface area contributed by atoms with E-state index in [1.165, 1.54) is 0 Å². The summed E-state index contributed by atoms with van der Waals surface area (Å²) in [6.45, 7) is 0. The van der Waals surface area contributed by atoms with Gasteiger partial charge in [-0.25, -0.2) is 9.97 Å². The number of nitrogens with zero attached hydrogens (tertiary/aromatic N) is 2. The molecule has 8 heteroatoms. The molecule has 0 aliphatic heterocycles. The van der Waals surface area contributed by atoms with Crippen molar-refractivity contribution in [2.45, 2.75) is 0 Å². The lowest BCUT2D eigenvalue weighted by Gasteiger charge is -1.99. The van der Waals surface area contributed by atoms with Gasteiger partial charge >= 0.3 is 0 Å². The summed E-state index contributed by atoms with van der Waals surface area (Å²) in [4.78, 5) is 15.8. The molecule has 2 aromatic heterocycles. The van der Waals surface area contributed by atoms with Crippen molar-refractivity contribution < 1.29 is 0 Å². The second-order valence-corrected chi connectivity index (χ2v) is 7.04. The Morgan fingerprint density at radius 2 is 1.03 bits per heavy atom. The Morgan fingerprint density at radius 1 is 0.633 bits per heavy atom. The molecule has 8 N–H and O–H groups in total. The van der Waals surface area contributed by atoms with Crippen LogP contribution in [0.5, 0.6) is 0 Å². The van der Waals surface area contributed by atoms with Gasteiger partial charge in [-0.15, -0.1) is 0 Å². The zero-order valence-electron chi connectivity index (χ0n) is 15.8. The molecule has 8 nitrogen and oxygen atoms in total. The second kappa shape index (κ2) is 6.56. The van der Waals surface area contributed by atoms with Crippen LogP contribution in [-0.4, -0.2) is 31.6 Å². The second-order valence-electron chi connectivity index (χ2n) is 7.04. The van der Waals surface area contributed by atoms with Gasteiger partial charge in [0.1, 0.15) is 23.3 Å². The summed E-state index contributed by atoms with van der Waals surface area (Å²) < 4.78 is 0. The molecule has 0 saturated heterocycles. The molecule has 5 rings (SSSR count). The van der Waals surface area contributed by atoms with Crippen LogP contribution in [0.15, 0.2) is 60.7 Å². The van der Waals surface area contributed by atoms with Gasteiger partial charge in [-0.3, -0.25) is 10.8 Å². The van der Waals surface area contributed by atoms with Gasteiger partial charge < -0.3 is 21.4 Å². The Labute approximate surface area is 171 Å². The Bertz CT molecular complexity index is 1330. The molecule has 0 radical (unpaired) electrons. The van der Waals surface area contributed by atoms with Crippen molar-refractivity contribution in [3.05, 3.63) is 71.8 Å². The first kappa shape index (κ1) is 17.6. The largest absolute Gasteiger partial charge is 0.384 e. The number of aromatic nitrogens is 4. The van der Waals surface area contributed by atoms with Crippen LogP contribution in [0.4, 0.5) is 0 Å². The number of amidine groups is 2. The third kappa shape index (κ3) is 2.96. The standard InChI is InChI=1S/C22H18N8/c23-19(24)13-5-7-15-17(9-13)29-21(27-15)11-1-2-12(4-3-11)22-28-16-8-6-14(20(25)26)10-18(16)30-22/h1-10H,(H3,23,24)(H3,25,26)(H,27,29)(H,28,30). The maximum atomic E-state index is 7.58. The number of benzene rings is 3. The lowest BCUT2D eigenvalue weighted by atomic mass is 10.1. The van der Waals surface area contributed by atoms with E-state index in [0.29, 0.717) is 11.1 Å². The number of nitrogens with two attached hydrogens (primary N) is 2. The van der Waals surface area contributed by atoms with Gasteiger partial charge in [0, 0.05) is 22.3 Å². The predicted molar refractivity (Wildman–Crippen MR) is 119 cm³/mol. The van der Waals surface area contributed by atoms with Crippen LogP contribution in [-0.2, 0) is 0 Å². The molecular weight excluding hydrogens is 376 g/mol. The number of rotatable bonds is 4. The van der Waals surface area contributed by atoms with Crippen molar-refractivity contribution in [3.63, 3.8) is 0 Å². The maximum Gasteiger partial charge on any atom is 0.138 e. The van der Waals surface area contributed by atoms with Gasteiger partial charge in [0.05, 0.1) is 22.1 Å². The fourth-order valence-corrected chi connectivity index (χ4v) is 3.41. The molecule has 0 spiro atoms. The van der Waals surface area contributed by atoms with Crippen LogP contribution in [0, 0.1) is 10.8 Å². The molecule has 0 aliphatic carbocycles. The molecular formula is C22H18N8. The van der Waals surface area contributed by atoms with Crippen LogP contribution in [0.25, 0.3) is 44.8 Å². The molecule has 3 aromatic carbocycles. The molecule has 30 heavy (non-hydrogen) atoms. The topological polar surface area (TPSA) is 157 Å². The normalized spacial score (nSPS) is 11.2. The first-order chi connectivity index (χ1) is 14.5. The summed E-state index contributed by atoms with van der Waals surface area (Å²) in [5, 5.41) is 15.2. The Balaban J connectivity index is 1.48. The van der Waals surface area contributed by atoms with Gasteiger partial charge in [0.25, 0.3) is 0 Å². The number of nitrogen functional groups attached to an aromatic ring is 2. The number of aromatic amines is 2. The Morgan fingerprint density at radius 3 is 1.40 bits per heavy atom. The third-order valence-corrected chi connectivity index (χ3v) is 5.02. The van der Waals surface area contributed by atoms with Gasteiger partial charge in [0.2, 0.25) is 0 Å².